The van der Waals surface area contributed by atoms with Gasteiger partial charge in [-0.1, -0.05) is 0 Å². The smallest absolute Gasteiger partial charge is 0.356 e. The first-order valence-corrected chi connectivity index (χ1v) is 12.8. The maximum atomic E-state index is 13.9. The Morgan fingerprint density at radius 1 is 1.11 bits per heavy atom. The molecule has 5 heterocycles. The van der Waals surface area contributed by atoms with Crippen molar-refractivity contribution in [1.29, 1.82) is 0 Å². The highest BCUT2D eigenvalue weighted by Crippen LogP contribution is 2.37. The number of carbonyl (C=O) groups excluding carboxylic acids is 1. The summed E-state index contributed by atoms with van der Waals surface area (Å²) in [6, 6.07) is 3.31. The number of hydrogen-bond donors (Lipinski definition) is 2. The summed E-state index contributed by atoms with van der Waals surface area (Å²) in [7, 11) is 0. The van der Waals surface area contributed by atoms with Crippen LogP contribution in [0.5, 0.6) is 0 Å². The largest absolute Gasteiger partial charge is 0.419 e. The molecule has 0 aliphatic carbocycles. The van der Waals surface area contributed by atoms with Gasteiger partial charge >= 0.3 is 6.18 Å². The molecule has 2 N–H and O–H groups in total. The van der Waals surface area contributed by atoms with Crippen molar-refractivity contribution in [1.82, 2.24) is 24.8 Å². The quantitative estimate of drug-likeness (QED) is 0.484. The number of alkyl halides is 3. The number of rotatable bonds is 5. The van der Waals surface area contributed by atoms with E-state index in [1.165, 1.54) is 12.4 Å². The zero-order valence-corrected chi connectivity index (χ0v) is 20.6. The van der Waals surface area contributed by atoms with Gasteiger partial charge in [0.05, 0.1) is 17.7 Å². The van der Waals surface area contributed by atoms with E-state index < -0.39 is 17.6 Å². The first kappa shape index (κ1) is 24.8. The Morgan fingerprint density at radius 2 is 1.92 bits per heavy atom. The molecule has 0 radical (unpaired) electrons. The molecule has 2 saturated heterocycles. The van der Waals surface area contributed by atoms with E-state index in [0.29, 0.717) is 31.1 Å². The van der Waals surface area contributed by atoms with Crippen LogP contribution in [0.3, 0.4) is 0 Å². The Hall–Kier alpha value is -3.54. The zero-order valence-electron chi connectivity index (χ0n) is 20.6. The molecule has 0 saturated carbocycles. The molecule has 1 atom stereocenters. The summed E-state index contributed by atoms with van der Waals surface area (Å²) in [4.78, 5) is 27.4. The summed E-state index contributed by atoms with van der Waals surface area (Å²) in [5.41, 5.74) is 0.166. The van der Waals surface area contributed by atoms with E-state index in [9.17, 15) is 22.4 Å². The van der Waals surface area contributed by atoms with Crippen LogP contribution in [-0.4, -0.2) is 51.1 Å². The SMILES string of the molecule is O=C1Cc2c(ncnc2N2CCC(c3nc(-c4ccc(F)c(C(F)(F)F)c4)cn3CC3CCCN3)CC2)N1. The maximum Gasteiger partial charge on any atom is 0.419 e. The number of benzene rings is 1. The highest BCUT2D eigenvalue weighted by molar-refractivity contribution is 5.99. The topological polar surface area (TPSA) is 88.0 Å². The highest BCUT2D eigenvalue weighted by atomic mass is 19.4. The van der Waals surface area contributed by atoms with Crippen molar-refractivity contribution in [3.63, 3.8) is 0 Å². The van der Waals surface area contributed by atoms with Crippen LogP contribution in [0.1, 0.15) is 48.6 Å². The lowest BCUT2D eigenvalue weighted by Crippen LogP contribution is -2.35. The fourth-order valence-corrected chi connectivity index (χ4v) is 5.73. The van der Waals surface area contributed by atoms with Gasteiger partial charge in [-0.25, -0.2) is 19.3 Å². The molecule has 1 unspecified atom stereocenters. The number of piperidine rings is 1. The summed E-state index contributed by atoms with van der Waals surface area (Å²) >= 11 is 0. The normalized spacial score (nSPS) is 20.2. The van der Waals surface area contributed by atoms with Crippen LogP contribution in [0.25, 0.3) is 11.3 Å². The van der Waals surface area contributed by atoms with Gasteiger partial charge < -0.3 is 20.1 Å². The van der Waals surface area contributed by atoms with Crippen LogP contribution in [0.15, 0.2) is 30.7 Å². The van der Waals surface area contributed by atoms with Crippen molar-refractivity contribution in [2.45, 2.75) is 56.8 Å². The van der Waals surface area contributed by atoms with Crippen LogP contribution in [0, 0.1) is 5.82 Å². The fraction of sp³-hybridized carbons (Fsp3) is 0.462. The fourth-order valence-electron chi connectivity index (χ4n) is 5.73. The number of hydrogen-bond acceptors (Lipinski definition) is 6. The number of imidazole rings is 1. The van der Waals surface area contributed by atoms with Crippen molar-refractivity contribution in [2.24, 2.45) is 0 Å². The van der Waals surface area contributed by atoms with Crippen molar-refractivity contribution in [3.05, 3.63) is 53.5 Å². The molecule has 3 aliphatic rings. The molecule has 1 aromatic carbocycles. The van der Waals surface area contributed by atoms with E-state index >= 15 is 0 Å². The molecule has 6 rings (SSSR count). The molecule has 2 aromatic heterocycles. The van der Waals surface area contributed by atoms with Gasteiger partial charge in [-0.3, -0.25) is 4.79 Å². The summed E-state index contributed by atoms with van der Waals surface area (Å²) in [6.07, 6.45) is 2.36. The first-order valence-electron chi connectivity index (χ1n) is 12.8. The number of anilines is 2. The van der Waals surface area contributed by atoms with Gasteiger partial charge in [0.2, 0.25) is 5.91 Å². The Morgan fingerprint density at radius 3 is 2.66 bits per heavy atom. The molecule has 38 heavy (non-hydrogen) atoms. The number of aromatic nitrogens is 4. The molecule has 0 bridgehead atoms. The predicted molar refractivity (Wildman–Crippen MR) is 132 cm³/mol. The molecule has 3 aromatic rings. The Kier molecular flexibility index (Phi) is 6.29. The molecule has 200 valence electrons. The van der Waals surface area contributed by atoms with Gasteiger partial charge in [0.1, 0.15) is 29.6 Å². The van der Waals surface area contributed by atoms with Gasteiger partial charge in [-0.15, -0.1) is 0 Å². The number of carbonyl (C=O) groups is 1. The molecule has 2 fully saturated rings. The second-order valence-electron chi connectivity index (χ2n) is 10.1. The molecule has 12 heteroatoms. The third-order valence-corrected chi connectivity index (χ3v) is 7.63. The monoisotopic (exact) mass is 529 g/mol. The van der Waals surface area contributed by atoms with E-state index in [4.69, 9.17) is 4.98 Å². The standard InChI is InChI=1S/C26H27F4N7O/c27-20-4-3-16(10-19(20)26(28,29)30)21-13-37(12-17-2-1-7-31-17)24(34-21)15-5-8-36(9-6-15)25-18-11-22(38)35-23(18)32-14-33-25/h3-4,10,13-15,17,31H,1-2,5-9,11-12H2,(H,32,33,35,38). The number of amides is 1. The third kappa shape index (κ3) is 4.72. The van der Waals surface area contributed by atoms with Gasteiger partial charge in [-0.2, -0.15) is 13.2 Å². The van der Waals surface area contributed by atoms with E-state index in [1.807, 2.05) is 0 Å². The maximum absolute atomic E-state index is 13.9. The van der Waals surface area contributed by atoms with Crippen molar-refractivity contribution in [3.8, 4) is 11.3 Å². The molecule has 3 aliphatic heterocycles. The number of nitrogens with zero attached hydrogens (tertiary/aromatic N) is 5. The minimum Gasteiger partial charge on any atom is -0.356 e. The van der Waals surface area contributed by atoms with Crippen molar-refractivity contribution < 1.29 is 22.4 Å². The predicted octanol–water partition coefficient (Wildman–Crippen LogP) is 4.13. The van der Waals surface area contributed by atoms with Gasteiger partial charge in [0.15, 0.2) is 0 Å². The molecular weight excluding hydrogens is 502 g/mol. The van der Waals surface area contributed by atoms with Gasteiger partial charge in [-0.05, 0) is 50.4 Å². The Bertz CT molecular complexity index is 1360. The third-order valence-electron chi connectivity index (χ3n) is 7.63. The molecular formula is C26H27F4N7O. The summed E-state index contributed by atoms with van der Waals surface area (Å²) in [5.74, 6) is 0.855. The average Bonchev–Trinajstić information content (AvgIpc) is 3.63. The summed E-state index contributed by atoms with van der Waals surface area (Å²) in [6.45, 7) is 3.00. The van der Waals surface area contributed by atoms with E-state index in [1.54, 1.807) is 6.20 Å². The van der Waals surface area contributed by atoms with E-state index in [0.717, 1.165) is 61.6 Å². The van der Waals surface area contributed by atoms with Gasteiger partial charge in [0.25, 0.3) is 0 Å². The molecule has 1 amide bonds. The first-order chi connectivity index (χ1) is 18.3. The van der Waals surface area contributed by atoms with Crippen molar-refractivity contribution >= 4 is 17.5 Å². The summed E-state index contributed by atoms with van der Waals surface area (Å²) in [5, 5.41) is 6.23. The van der Waals surface area contributed by atoms with Crippen LogP contribution in [-0.2, 0) is 23.9 Å². The zero-order chi connectivity index (χ0) is 26.4. The van der Waals surface area contributed by atoms with Crippen molar-refractivity contribution in [2.75, 3.05) is 29.9 Å². The lowest BCUT2D eigenvalue weighted by atomic mass is 9.95. The highest BCUT2D eigenvalue weighted by Gasteiger charge is 2.35. The van der Waals surface area contributed by atoms with Crippen LogP contribution in [0.2, 0.25) is 0 Å². The Labute approximate surface area is 216 Å². The minimum atomic E-state index is -4.78. The minimum absolute atomic E-state index is 0.0959. The number of fused-ring (bicyclic) bond motifs is 1. The van der Waals surface area contributed by atoms with E-state index in [2.05, 4.69) is 30.1 Å². The second kappa shape index (κ2) is 9.64. The molecule has 0 spiro atoms. The number of halogens is 4. The van der Waals surface area contributed by atoms with Crippen LogP contribution >= 0.6 is 0 Å². The van der Waals surface area contributed by atoms with Crippen LogP contribution in [0.4, 0.5) is 29.2 Å². The lowest BCUT2D eigenvalue weighted by molar-refractivity contribution is -0.140. The average molecular weight is 530 g/mol. The molecule has 8 nitrogen and oxygen atoms in total. The van der Waals surface area contributed by atoms with Gasteiger partial charge in [0, 0.05) is 48.9 Å². The summed E-state index contributed by atoms with van der Waals surface area (Å²) < 4.78 is 56.1. The van der Waals surface area contributed by atoms with E-state index in [-0.39, 0.29) is 29.9 Å². The van der Waals surface area contributed by atoms with Crippen LogP contribution < -0.4 is 15.5 Å². The second-order valence-corrected chi connectivity index (χ2v) is 10.1. The lowest BCUT2D eigenvalue weighted by Gasteiger charge is -2.33. The number of nitrogens with one attached hydrogen (secondary N) is 2. The Balaban J connectivity index is 1.27.